The van der Waals surface area contributed by atoms with Crippen LogP contribution in [0.25, 0.3) is 33.7 Å². The summed E-state index contributed by atoms with van der Waals surface area (Å²) in [7, 11) is 1.88. The minimum Gasteiger partial charge on any atom is -0.481 e. The van der Waals surface area contributed by atoms with Crippen molar-refractivity contribution in [3.8, 4) is 22.6 Å². The minimum absolute atomic E-state index is 0.313. The summed E-state index contributed by atoms with van der Waals surface area (Å²) >= 11 is 6.98. The number of likely N-dealkylation sites (tertiary alicyclic amines) is 1. The lowest BCUT2D eigenvalue weighted by Crippen LogP contribution is -2.33. The maximum Gasteiger partial charge on any atom is 0.307 e. The van der Waals surface area contributed by atoms with Crippen molar-refractivity contribution in [2.24, 2.45) is 13.0 Å². The van der Waals surface area contributed by atoms with Crippen LogP contribution in [0.3, 0.4) is 0 Å². The number of oxazole rings is 1. The van der Waals surface area contributed by atoms with Gasteiger partial charge in [-0.25, -0.2) is 9.97 Å². The molecule has 47 heavy (non-hydrogen) atoms. The molecule has 0 aliphatic carbocycles. The van der Waals surface area contributed by atoms with Gasteiger partial charge in [0.1, 0.15) is 5.52 Å². The lowest BCUT2D eigenvalue weighted by Gasteiger charge is -2.20. The van der Waals surface area contributed by atoms with Crippen LogP contribution in [0, 0.1) is 19.8 Å². The van der Waals surface area contributed by atoms with Gasteiger partial charge in [0, 0.05) is 56.0 Å². The van der Waals surface area contributed by atoms with E-state index in [1.165, 1.54) is 0 Å². The van der Waals surface area contributed by atoms with E-state index in [2.05, 4.69) is 33.5 Å². The number of amides is 1. The predicted octanol–water partition coefficient (Wildman–Crippen LogP) is 6.36. The fourth-order valence-corrected chi connectivity index (χ4v) is 7.19. The van der Waals surface area contributed by atoms with E-state index >= 15 is 0 Å². The molecule has 1 fully saturated rings. The molecule has 0 bridgehead atoms. The van der Waals surface area contributed by atoms with Gasteiger partial charge in [0.15, 0.2) is 11.4 Å². The maximum atomic E-state index is 13.4. The number of rotatable bonds is 7. The Bertz CT molecular complexity index is 2050. The van der Waals surface area contributed by atoms with Crippen LogP contribution in [0.15, 0.2) is 52.9 Å². The second kappa shape index (κ2) is 12.3. The molecule has 2 aliphatic heterocycles. The molecule has 2 aliphatic rings. The van der Waals surface area contributed by atoms with Crippen molar-refractivity contribution in [3.63, 3.8) is 0 Å². The highest BCUT2D eigenvalue weighted by Gasteiger charge is 2.28. The third-order valence-corrected chi connectivity index (χ3v) is 9.89. The van der Waals surface area contributed by atoms with E-state index in [-0.39, 0.29) is 11.8 Å². The molecule has 5 aromatic rings. The van der Waals surface area contributed by atoms with Crippen LogP contribution in [0.1, 0.15) is 52.0 Å². The Morgan fingerprint density at radius 3 is 2.66 bits per heavy atom. The number of hydrogen-bond acceptors (Lipinski definition) is 7. The first-order chi connectivity index (χ1) is 22.6. The summed E-state index contributed by atoms with van der Waals surface area (Å²) in [6, 6.07) is 16.0. The molecule has 3 aromatic carbocycles. The number of aromatic nitrogens is 3. The van der Waals surface area contributed by atoms with Gasteiger partial charge in [0.2, 0.25) is 5.89 Å². The van der Waals surface area contributed by atoms with Crippen LogP contribution in [0.5, 0.6) is 0 Å². The fourth-order valence-electron chi connectivity index (χ4n) is 6.91. The Labute approximate surface area is 277 Å². The first kappa shape index (κ1) is 31.1. The molecule has 0 spiro atoms. The monoisotopic (exact) mass is 652 g/mol. The van der Waals surface area contributed by atoms with Gasteiger partial charge in [-0.05, 0) is 74.2 Å². The quantitative estimate of drug-likeness (QED) is 0.186. The van der Waals surface area contributed by atoms with Crippen LogP contribution in [-0.2, 0) is 31.4 Å². The molecule has 1 saturated heterocycles. The van der Waals surface area contributed by atoms with Gasteiger partial charge in [-0.1, -0.05) is 41.9 Å². The number of nitrogens with one attached hydrogen (secondary N) is 2. The molecular weight excluding hydrogens is 616 g/mol. The van der Waals surface area contributed by atoms with Gasteiger partial charge in [-0.2, -0.15) is 0 Å². The number of benzene rings is 3. The summed E-state index contributed by atoms with van der Waals surface area (Å²) in [5.74, 6) is -0.496. The maximum absolute atomic E-state index is 13.4. The number of hydrogen-bond donors (Lipinski definition) is 3. The molecule has 11 heteroatoms. The average molecular weight is 653 g/mol. The largest absolute Gasteiger partial charge is 0.481 e. The van der Waals surface area contributed by atoms with E-state index in [4.69, 9.17) is 21.0 Å². The predicted molar refractivity (Wildman–Crippen MR) is 182 cm³/mol. The molecule has 0 radical (unpaired) electrons. The first-order valence-electron chi connectivity index (χ1n) is 15.9. The highest BCUT2D eigenvalue weighted by molar-refractivity contribution is 6.36. The summed E-state index contributed by atoms with van der Waals surface area (Å²) in [5.41, 5.74) is 9.48. The third kappa shape index (κ3) is 5.81. The normalized spacial score (nSPS) is 18.1. The van der Waals surface area contributed by atoms with Crippen LogP contribution in [0.4, 0.5) is 5.69 Å². The molecule has 3 N–H and O–H groups in total. The topological polar surface area (TPSA) is 126 Å². The second-order valence-electron chi connectivity index (χ2n) is 12.8. The van der Waals surface area contributed by atoms with Crippen molar-refractivity contribution in [3.05, 3.63) is 87.5 Å². The number of carbonyl (C=O) groups excluding carboxylic acids is 1. The number of halogens is 1. The molecule has 2 aromatic heterocycles. The molecule has 1 unspecified atom stereocenters. The zero-order chi connectivity index (χ0) is 33.0. The zero-order valence-electron chi connectivity index (χ0n) is 26.9. The SMILES string of the molecule is Cc1c(-c2nc3cc(CN4CC[C@@H](C(=O)O)C4)cc(C)c3o2)cccc1-c1cccc(NC(=O)c2nc3c(n2C)CC(C)NC3)c1Cl. The lowest BCUT2D eigenvalue weighted by molar-refractivity contribution is -0.141. The van der Waals surface area contributed by atoms with Crippen molar-refractivity contribution in [1.29, 1.82) is 0 Å². The van der Waals surface area contributed by atoms with E-state index < -0.39 is 5.97 Å². The molecule has 4 heterocycles. The summed E-state index contributed by atoms with van der Waals surface area (Å²) in [6.45, 7) is 8.76. The van der Waals surface area contributed by atoms with Crippen molar-refractivity contribution in [1.82, 2.24) is 24.8 Å². The number of carboxylic acids is 1. The summed E-state index contributed by atoms with van der Waals surface area (Å²) in [4.78, 5) is 36.5. The number of aryl methyl sites for hydroxylation is 1. The molecule has 0 saturated carbocycles. The fraction of sp³-hybridized carbons (Fsp3) is 0.333. The number of carbonyl (C=O) groups is 2. The van der Waals surface area contributed by atoms with Gasteiger partial charge >= 0.3 is 5.97 Å². The van der Waals surface area contributed by atoms with Gasteiger partial charge in [-0.15, -0.1) is 0 Å². The highest BCUT2D eigenvalue weighted by atomic mass is 35.5. The zero-order valence-corrected chi connectivity index (χ0v) is 27.6. The lowest BCUT2D eigenvalue weighted by atomic mass is 9.96. The molecule has 10 nitrogen and oxygen atoms in total. The summed E-state index contributed by atoms with van der Waals surface area (Å²) in [6.07, 6.45) is 1.48. The van der Waals surface area contributed by atoms with E-state index in [9.17, 15) is 14.7 Å². The second-order valence-corrected chi connectivity index (χ2v) is 13.2. The summed E-state index contributed by atoms with van der Waals surface area (Å²) in [5, 5.41) is 16.2. The standard InChI is InChI=1S/C36H37ClN6O4/c1-19-13-22(17-43-12-11-23(18-43)36(45)46)15-28-32(19)47-35(41-28)25-8-5-7-24(21(25)3)26-9-6-10-27(31(26)37)40-34(44)33-39-29-16-38-20(2)14-30(29)42(33)4/h5-10,13,15,20,23,38H,11-12,14,16-18H2,1-4H3,(H,40,44)(H,45,46)/t20?,23-/m1/s1. The number of imidazole rings is 1. The van der Waals surface area contributed by atoms with Gasteiger partial charge in [0.05, 0.1) is 22.3 Å². The minimum atomic E-state index is -0.731. The number of aliphatic carboxylic acids is 1. The molecule has 7 rings (SSSR count). The average Bonchev–Trinajstić information content (AvgIpc) is 3.77. The third-order valence-electron chi connectivity index (χ3n) is 9.48. The van der Waals surface area contributed by atoms with Gasteiger partial charge in [-0.3, -0.25) is 14.5 Å². The number of carboxylic acid groups (broad SMARTS) is 1. The van der Waals surface area contributed by atoms with Crippen LogP contribution < -0.4 is 10.6 Å². The highest BCUT2D eigenvalue weighted by Crippen LogP contribution is 2.39. The van der Waals surface area contributed by atoms with Crippen molar-refractivity contribution in [2.45, 2.75) is 52.7 Å². The van der Waals surface area contributed by atoms with Gasteiger partial charge < -0.3 is 24.7 Å². The molecule has 1 amide bonds. The summed E-state index contributed by atoms with van der Waals surface area (Å²) < 4.78 is 8.21. The van der Waals surface area contributed by atoms with Crippen molar-refractivity contribution < 1.29 is 19.1 Å². The van der Waals surface area contributed by atoms with Crippen molar-refractivity contribution >= 4 is 40.3 Å². The Hall–Kier alpha value is -4.51. The Morgan fingerprint density at radius 1 is 1.11 bits per heavy atom. The van der Waals surface area contributed by atoms with Crippen LogP contribution in [0.2, 0.25) is 5.02 Å². The molecule has 2 atom stereocenters. The Kier molecular flexibility index (Phi) is 8.11. The van der Waals surface area contributed by atoms with Gasteiger partial charge in [0.25, 0.3) is 5.91 Å². The molecular formula is C36H37ClN6O4. The van der Waals surface area contributed by atoms with Crippen LogP contribution >= 0.6 is 11.6 Å². The smallest absolute Gasteiger partial charge is 0.307 e. The van der Waals surface area contributed by atoms with E-state index in [1.807, 2.05) is 61.9 Å². The number of anilines is 1. The van der Waals surface area contributed by atoms with E-state index in [1.54, 1.807) is 6.07 Å². The molecule has 242 valence electrons. The Balaban J connectivity index is 1.15. The van der Waals surface area contributed by atoms with E-state index in [0.717, 1.165) is 68.8 Å². The number of fused-ring (bicyclic) bond motifs is 2. The van der Waals surface area contributed by atoms with Crippen LogP contribution in [-0.4, -0.2) is 55.5 Å². The Morgan fingerprint density at radius 2 is 1.87 bits per heavy atom. The first-order valence-corrected chi connectivity index (χ1v) is 16.3. The van der Waals surface area contributed by atoms with Crippen molar-refractivity contribution in [2.75, 3.05) is 18.4 Å². The number of nitrogens with zero attached hydrogens (tertiary/aromatic N) is 4. The van der Waals surface area contributed by atoms with E-state index in [0.29, 0.717) is 54.5 Å².